The molecule has 0 aliphatic heterocycles. The van der Waals surface area contributed by atoms with Crippen LogP contribution in [-0.4, -0.2) is 30.6 Å². The topological polar surface area (TPSA) is 29.5 Å². The zero-order valence-electron chi connectivity index (χ0n) is 12.8. The summed E-state index contributed by atoms with van der Waals surface area (Å²) in [5, 5.41) is 0.739. The van der Waals surface area contributed by atoms with Crippen LogP contribution in [0.3, 0.4) is 0 Å². The van der Waals surface area contributed by atoms with Crippen molar-refractivity contribution in [1.82, 2.24) is 4.90 Å². The number of hydrogen-bond acceptors (Lipinski definition) is 2. The number of unbranched alkanes of at least 4 members (excludes halogenated alkanes) is 1. The van der Waals surface area contributed by atoms with Gasteiger partial charge in [-0.3, -0.25) is 4.79 Å². The first-order valence-electron chi connectivity index (χ1n) is 7.69. The van der Waals surface area contributed by atoms with E-state index < -0.39 is 0 Å². The van der Waals surface area contributed by atoms with Gasteiger partial charge in [-0.25, -0.2) is 0 Å². The van der Waals surface area contributed by atoms with E-state index in [0.717, 1.165) is 42.9 Å². The first kappa shape index (κ1) is 16.3. The lowest BCUT2D eigenvalue weighted by Crippen LogP contribution is -2.35. The summed E-state index contributed by atoms with van der Waals surface area (Å²) in [5.41, 5.74) is 1.04. The second-order valence-corrected chi connectivity index (χ2v) is 6.09. The molecule has 1 aliphatic carbocycles. The first-order valence-corrected chi connectivity index (χ1v) is 8.07. The highest BCUT2D eigenvalue weighted by atomic mass is 35.5. The number of carbonyl (C=O) groups excluding carboxylic acids is 1. The largest absolute Gasteiger partial charge is 0.385 e. The van der Waals surface area contributed by atoms with Gasteiger partial charge < -0.3 is 9.64 Å². The predicted octanol–water partition coefficient (Wildman–Crippen LogP) is 4.21. The Labute approximate surface area is 132 Å². The Kier molecular flexibility index (Phi) is 6.07. The van der Waals surface area contributed by atoms with E-state index in [0.29, 0.717) is 12.5 Å². The van der Waals surface area contributed by atoms with Gasteiger partial charge in [0, 0.05) is 31.2 Å². The monoisotopic (exact) mass is 309 g/mol. The van der Waals surface area contributed by atoms with Crippen molar-refractivity contribution in [3.8, 4) is 0 Å². The van der Waals surface area contributed by atoms with Crippen molar-refractivity contribution in [3.63, 3.8) is 0 Å². The lowest BCUT2D eigenvalue weighted by atomic mass is 10.1. The van der Waals surface area contributed by atoms with Crippen LogP contribution in [0.2, 0.25) is 5.02 Å². The summed E-state index contributed by atoms with van der Waals surface area (Å²) >= 11 is 6.28. The van der Waals surface area contributed by atoms with Crippen molar-refractivity contribution in [2.75, 3.05) is 13.7 Å². The van der Waals surface area contributed by atoms with E-state index in [-0.39, 0.29) is 11.9 Å². The minimum absolute atomic E-state index is 0.0427. The van der Waals surface area contributed by atoms with Crippen LogP contribution in [0.1, 0.15) is 50.6 Å². The lowest BCUT2D eigenvalue weighted by Gasteiger charge is -2.30. The Morgan fingerprint density at radius 2 is 2.10 bits per heavy atom. The van der Waals surface area contributed by atoms with Crippen molar-refractivity contribution < 1.29 is 9.53 Å². The van der Waals surface area contributed by atoms with E-state index in [2.05, 4.69) is 6.92 Å². The second-order valence-electron chi connectivity index (χ2n) is 5.68. The smallest absolute Gasteiger partial charge is 0.223 e. The number of rotatable bonds is 8. The van der Waals surface area contributed by atoms with Gasteiger partial charge in [-0.15, -0.1) is 0 Å². The van der Waals surface area contributed by atoms with Crippen molar-refractivity contribution in [1.29, 1.82) is 0 Å². The molecule has 1 aromatic carbocycles. The van der Waals surface area contributed by atoms with Crippen LogP contribution in [0, 0.1) is 0 Å². The minimum Gasteiger partial charge on any atom is -0.385 e. The highest BCUT2D eigenvalue weighted by Crippen LogP contribution is 2.37. The van der Waals surface area contributed by atoms with Crippen molar-refractivity contribution in [3.05, 3.63) is 34.9 Å². The normalized spacial score (nSPS) is 15.8. The Morgan fingerprint density at radius 3 is 2.71 bits per heavy atom. The second kappa shape index (κ2) is 7.81. The fourth-order valence-corrected chi connectivity index (χ4v) is 3.00. The van der Waals surface area contributed by atoms with E-state index in [4.69, 9.17) is 16.3 Å². The molecule has 0 aromatic heterocycles. The molecule has 1 aromatic rings. The maximum absolute atomic E-state index is 12.6. The van der Waals surface area contributed by atoms with Gasteiger partial charge >= 0.3 is 0 Å². The van der Waals surface area contributed by atoms with E-state index in [1.807, 2.05) is 29.2 Å². The van der Waals surface area contributed by atoms with Gasteiger partial charge in [0.1, 0.15) is 0 Å². The van der Waals surface area contributed by atoms with Gasteiger partial charge in [-0.2, -0.15) is 0 Å². The molecule has 0 radical (unpaired) electrons. The third-order valence-corrected chi connectivity index (χ3v) is 4.33. The maximum atomic E-state index is 12.6. The molecule has 1 aliphatic rings. The molecule has 1 amide bonds. The summed E-state index contributed by atoms with van der Waals surface area (Å²) in [5.74, 6) is 0.237. The van der Waals surface area contributed by atoms with Gasteiger partial charge in [0.2, 0.25) is 5.91 Å². The number of amides is 1. The van der Waals surface area contributed by atoms with Crippen molar-refractivity contribution in [2.45, 2.75) is 51.1 Å². The Bertz CT molecular complexity index is 474. The minimum atomic E-state index is 0.0427. The fourth-order valence-electron chi connectivity index (χ4n) is 2.70. The van der Waals surface area contributed by atoms with E-state index in [1.165, 1.54) is 0 Å². The molecule has 2 rings (SSSR count). The molecule has 0 spiro atoms. The van der Waals surface area contributed by atoms with Crippen LogP contribution in [0.25, 0.3) is 0 Å². The molecule has 1 unspecified atom stereocenters. The highest BCUT2D eigenvalue weighted by Gasteiger charge is 2.36. The summed E-state index contributed by atoms with van der Waals surface area (Å²) in [6.07, 6.45) is 4.62. The molecule has 1 atom stereocenters. The average molecular weight is 310 g/mol. The van der Waals surface area contributed by atoms with Crippen LogP contribution in [0.4, 0.5) is 0 Å². The van der Waals surface area contributed by atoms with Crippen LogP contribution in [0.15, 0.2) is 24.3 Å². The summed E-state index contributed by atoms with van der Waals surface area (Å²) in [6, 6.07) is 8.24. The summed E-state index contributed by atoms with van der Waals surface area (Å²) in [7, 11) is 1.69. The highest BCUT2D eigenvalue weighted by molar-refractivity contribution is 6.31. The number of methoxy groups -OCH3 is 1. The van der Waals surface area contributed by atoms with Crippen LogP contribution >= 0.6 is 11.6 Å². The number of halogens is 1. The van der Waals surface area contributed by atoms with Gasteiger partial charge in [0.05, 0.1) is 6.04 Å². The van der Waals surface area contributed by atoms with Gasteiger partial charge in [-0.1, -0.05) is 29.8 Å². The molecular formula is C17H24ClNO2. The number of hydrogen-bond donors (Lipinski definition) is 0. The Balaban J connectivity index is 2.01. The third kappa shape index (κ3) is 4.45. The van der Waals surface area contributed by atoms with Crippen LogP contribution < -0.4 is 0 Å². The molecule has 0 N–H and O–H groups in total. The quantitative estimate of drug-likeness (QED) is 0.673. The Hall–Kier alpha value is -1.06. The molecule has 1 saturated carbocycles. The summed E-state index contributed by atoms with van der Waals surface area (Å²) < 4.78 is 5.03. The van der Waals surface area contributed by atoms with Gasteiger partial charge in [-0.05, 0) is 44.2 Å². The molecule has 0 saturated heterocycles. The molecule has 0 heterocycles. The predicted molar refractivity (Wildman–Crippen MR) is 85.5 cm³/mol. The molecular weight excluding hydrogens is 286 g/mol. The van der Waals surface area contributed by atoms with Crippen molar-refractivity contribution in [2.24, 2.45) is 0 Å². The molecule has 21 heavy (non-hydrogen) atoms. The fraction of sp³-hybridized carbons (Fsp3) is 0.588. The zero-order chi connectivity index (χ0) is 15.2. The molecule has 0 bridgehead atoms. The van der Waals surface area contributed by atoms with E-state index in [1.54, 1.807) is 7.11 Å². The average Bonchev–Trinajstić information content (AvgIpc) is 3.29. The molecule has 1 fully saturated rings. The molecule has 116 valence electrons. The van der Waals surface area contributed by atoms with Gasteiger partial charge in [0.25, 0.3) is 0 Å². The number of nitrogens with zero attached hydrogens (tertiary/aromatic N) is 1. The van der Waals surface area contributed by atoms with Crippen LogP contribution in [0.5, 0.6) is 0 Å². The first-order chi connectivity index (χ1) is 10.1. The number of carbonyl (C=O) groups is 1. The van der Waals surface area contributed by atoms with E-state index in [9.17, 15) is 4.79 Å². The standard InChI is InChI=1S/C17H24ClNO2/c1-13(15-7-3-4-8-16(15)18)19(14-10-11-14)17(20)9-5-6-12-21-2/h3-4,7-8,13-14H,5-6,9-12H2,1-2H3. The lowest BCUT2D eigenvalue weighted by molar-refractivity contribution is -0.134. The van der Waals surface area contributed by atoms with Crippen molar-refractivity contribution >= 4 is 17.5 Å². The summed E-state index contributed by atoms with van der Waals surface area (Å²) in [6.45, 7) is 2.80. The summed E-state index contributed by atoms with van der Waals surface area (Å²) in [4.78, 5) is 14.6. The molecule has 4 heteroatoms. The van der Waals surface area contributed by atoms with Crippen LogP contribution in [-0.2, 0) is 9.53 Å². The number of benzene rings is 1. The van der Waals surface area contributed by atoms with Gasteiger partial charge in [0.15, 0.2) is 0 Å². The zero-order valence-corrected chi connectivity index (χ0v) is 13.6. The number of ether oxygens (including phenoxy) is 1. The third-order valence-electron chi connectivity index (χ3n) is 3.99. The maximum Gasteiger partial charge on any atom is 0.223 e. The Morgan fingerprint density at radius 1 is 1.38 bits per heavy atom. The molecule has 3 nitrogen and oxygen atoms in total. The SMILES string of the molecule is COCCCCC(=O)N(C1CC1)C(C)c1ccccc1Cl. The van der Waals surface area contributed by atoms with E-state index >= 15 is 0 Å².